The number of rotatable bonds is 0. The fraction of sp³-hybridized carbons (Fsp3) is 0.455. The lowest BCUT2D eigenvalue weighted by Crippen LogP contribution is -1.98. The van der Waals surface area contributed by atoms with E-state index in [-0.39, 0.29) is 0 Å². The van der Waals surface area contributed by atoms with Crippen LogP contribution in [0.4, 0.5) is 0 Å². The molecule has 2 aromatic rings. The third-order valence-corrected chi connectivity index (χ3v) is 5.49. The van der Waals surface area contributed by atoms with Crippen molar-refractivity contribution in [1.82, 2.24) is 0 Å². The number of aryl methyl sites for hydroxylation is 4. The molecule has 22 heavy (non-hydrogen) atoms. The second-order valence-corrected chi connectivity index (χ2v) is 6.77. The van der Waals surface area contributed by atoms with Crippen LogP contribution in [0.3, 0.4) is 0 Å². The Bertz CT molecular complexity index is 533. The van der Waals surface area contributed by atoms with E-state index in [0.717, 1.165) is 0 Å². The Hall–Kier alpha value is -1.56. The van der Waals surface area contributed by atoms with E-state index in [9.17, 15) is 0 Å². The van der Waals surface area contributed by atoms with Crippen LogP contribution in [0.15, 0.2) is 12.1 Å². The molecule has 2 aromatic carbocycles. The summed E-state index contributed by atoms with van der Waals surface area (Å²) in [6.07, 6.45) is 0. The molecular weight excluding hydrogens is 264 g/mol. The topological polar surface area (TPSA) is 0 Å². The first-order valence-electron chi connectivity index (χ1n) is 8.15. The van der Waals surface area contributed by atoms with Crippen LogP contribution in [0.2, 0.25) is 0 Å². The van der Waals surface area contributed by atoms with Crippen molar-refractivity contribution in [3.05, 3.63) is 67.8 Å². The average Bonchev–Trinajstić information content (AvgIpc) is 2.48. The highest BCUT2D eigenvalue weighted by molar-refractivity contribution is 5.48. The van der Waals surface area contributed by atoms with Gasteiger partial charge in [-0.1, -0.05) is 12.1 Å². The highest BCUT2D eigenvalue weighted by Crippen LogP contribution is 2.24. The minimum atomic E-state index is 1.39. The Morgan fingerprint density at radius 3 is 0.591 bits per heavy atom. The van der Waals surface area contributed by atoms with E-state index in [2.05, 4.69) is 81.4 Å². The van der Waals surface area contributed by atoms with Crippen LogP contribution in [-0.2, 0) is 0 Å². The Kier molecular flexibility index (Phi) is 6.00. The SMILES string of the molecule is Cc1c(C)c(C)c(C)c(C)c1C.Cc1cc(C)c(C)cc1C. The predicted octanol–water partition coefficient (Wildman–Crippen LogP) is 6.46. The van der Waals surface area contributed by atoms with Crippen LogP contribution in [0.25, 0.3) is 0 Å². The van der Waals surface area contributed by atoms with Crippen LogP contribution in [0, 0.1) is 69.2 Å². The van der Waals surface area contributed by atoms with Crippen molar-refractivity contribution in [2.75, 3.05) is 0 Å². The molecule has 0 fully saturated rings. The first kappa shape index (κ1) is 18.5. The van der Waals surface area contributed by atoms with Crippen molar-refractivity contribution in [2.24, 2.45) is 0 Å². The van der Waals surface area contributed by atoms with Crippen LogP contribution in [0.5, 0.6) is 0 Å². The van der Waals surface area contributed by atoms with Crippen molar-refractivity contribution >= 4 is 0 Å². The summed E-state index contributed by atoms with van der Waals surface area (Å²) in [5, 5.41) is 0. The van der Waals surface area contributed by atoms with Gasteiger partial charge in [0.15, 0.2) is 0 Å². The smallest absolute Gasteiger partial charge is 0.0392 e. The Morgan fingerprint density at radius 1 is 0.318 bits per heavy atom. The van der Waals surface area contributed by atoms with Crippen LogP contribution >= 0.6 is 0 Å². The van der Waals surface area contributed by atoms with Crippen molar-refractivity contribution in [2.45, 2.75) is 69.2 Å². The van der Waals surface area contributed by atoms with Gasteiger partial charge in [-0.15, -0.1) is 0 Å². The Labute approximate surface area is 137 Å². The van der Waals surface area contributed by atoms with Crippen LogP contribution in [0.1, 0.15) is 55.6 Å². The molecule has 0 saturated heterocycles. The monoisotopic (exact) mass is 296 g/mol. The maximum absolute atomic E-state index is 2.24. The first-order valence-corrected chi connectivity index (χ1v) is 8.15. The van der Waals surface area contributed by atoms with E-state index < -0.39 is 0 Å². The molecule has 0 bridgehead atoms. The van der Waals surface area contributed by atoms with E-state index in [4.69, 9.17) is 0 Å². The van der Waals surface area contributed by atoms with Crippen molar-refractivity contribution < 1.29 is 0 Å². The van der Waals surface area contributed by atoms with Gasteiger partial charge in [-0.05, 0) is 125 Å². The minimum absolute atomic E-state index is 1.39. The molecule has 0 saturated carbocycles. The molecule has 120 valence electrons. The van der Waals surface area contributed by atoms with Gasteiger partial charge in [0.2, 0.25) is 0 Å². The molecule has 0 heterocycles. The summed E-state index contributed by atoms with van der Waals surface area (Å²) in [5.41, 5.74) is 14.3. The third kappa shape index (κ3) is 3.80. The van der Waals surface area contributed by atoms with Crippen molar-refractivity contribution in [1.29, 1.82) is 0 Å². The van der Waals surface area contributed by atoms with Gasteiger partial charge in [0, 0.05) is 0 Å². The van der Waals surface area contributed by atoms with E-state index in [1.54, 1.807) is 0 Å². The maximum Gasteiger partial charge on any atom is -0.0392 e. The first-order chi connectivity index (χ1) is 10.1. The van der Waals surface area contributed by atoms with Gasteiger partial charge >= 0.3 is 0 Å². The summed E-state index contributed by atoms with van der Waals surface area (Å²) in [5.74, 6) is 0. The summed E-state index contributed by atoms with van der Waals surface area (Å²) < 4.78 is 0. The molecule has 0 nitrogen and oxygen atoms in total. The molecule has 0 heteroatoms. The minimum Gasteiger partial charge on any atom is -0.0559 e. The molecule has 0 aliphatic rings. The van der Waals surface area contributed by atoms with Gasteiger partial charge in [-0.25, -0.2) is 0 Å². The van der Waals surface area contributed by atoms with Crippen LogP contribution in [-0.4, -0.2) is 0 Å². The van der Waals surface area contributed by atoms with E-state index in [1.807, 2.05) is 0 Å². The summed E-state index contributed by atoms with van der Waals surface area (Å²) in [4.78, 5) is 0. The fourth-order valence-electron chi connectivity index (χ4n) is 2.79. The molecule has 0 aromatic heterocycles. The zero-order chi connectivity index (χ0) is 17.2. The summed E-state index contributed by atoms with van der Waals surface area (Å²) in [6, 6.07) is 4.48. The lowest BCUT2D eigenvalue weighted by Gasteiger charge is -2.15. The maximum atomic E-state index is 2.24. The molecule has 0 N–H and O–H groups in total. The van der Waals surface area contributed by atoms with Gasteiger partial charge in [0.1, 0.15) is 0 Å². The molecular formula is C22H32. The normalized spacial score (nSPS) is 10.3. The van der Waals surface area contributed by atoms with Gasteiger partial charge < -0.3 is 0 Å². The highest BCUT2D eigenvalue weighted by atomic mass is 14.1. The number of benzene rings is 2. The highest BCUT2D eigenvalue weighted by Gasteiger charge is 2.07. The molecule has 2 rings (SSSR count). The Balaban J connectivity index is 0.000000224. The second-order valence-electron chi connectivity index (χ2n) is 6.77. The second kappa shape index (κ2) is 7.13. The van der Waals surface area contributed by atoms with Crippen molar-refractivity contribution in [3.63, 3.8) is 0 Å². The lowest BCUT2D eigenvalue weighted by molar-refractivity contribution is 1.13. The summed E-state index contributed by atoms with van der Waals surface area (Å²) >= 11 is 0. The van der Waals surface area contributed by atoms with E-state index >= 15 is 0 Å². The Morgan fingerprint density at radius 2 is 0.455 bits per heavy atom. The standard InChI is InChI=1S/C12H18.C10H14/c1-7-8(2)10(4)12(6)11(5)9(7)3;1-7-5-9(3)10(4)6-8(7)2/h1-6H3;5-6H,1-4H3. The molecule has 0 spiro atoms. The zero-order valence-electron chi connectivity index (χ0n) is 16.2. The average molecular weight is 296 g/mol. The predicted molar refractivity (Wildman–Crippen MR) is 100 cm³/mol. The molecule has 0 unspecified atom stereocenters. The summed E-state index contributed by atoms with van der Waals surface area (Å²) in [7, 11) is 0. The van der Waals surface area contributed by atoms with Crippen LogP contribution < -0.4 is 0 Å². The largest absolute Gasteiger partial charge is 0.0559 e. The summed E-state index contributed by atoms with van der Waals surface area (Å²) in [6.45, 7) is 21.9. The lowest BCUT2D eigenvalue weighted by atomic mass is 9.90. The van der Waals surface area contributed by atoms with E-state index in [1.165, 1.54) is 55.6 Å². The molecule has 0 radical (unpaired) electrons. The van der Waals surface area contributed by atoms with Crippen molar-refractivity contribution in [3.8, 4) is 0 Å². The van der Waals surface area contributed by atoms with Gasteiger partial charge in [-0.2, -0.15) is 0 Å². The molecule has 0 atom stereocenters. The number of hydrogen-bond donors (Lipinski definition) is 0. The molecule has 0 amide bonds. The quantitative estimate of drug-likeness (QED) is 0.523. The molecule has 0 aliphatic carbocycles. The molecule has 0 aliphatic heterocycles. The van der Waals surface area contributed by atoms with Gasteiger partial charge in [0.25, 0.3) is 0 Å². The zero-order valence-corrected chi connectivity index (χ0v) is 16.2. The fourth-order valence-corrected chi connectivity index (χ4v) is 2.79. The third-order valence-electron chi connectivity index (χ3n) is 5.49. The number of hydrogen-bond acceptors (Lipinski definition) is 0. The van der Waals surface area contributed by atoms with E-state index in [0.29, 0.717) is 0 Å². The van der Waals surface area contributed by atoms with Gasteiger partial charge in [0.05, 0.1) is 0 Å². The van der Waals surface area contributed by atoms with Gasteiger partial charge in [-0.3, -0.25) is 0 Å².